The summed E-state index contributed by atoms with van der Waals surface area (Å²) in [6.45, 7) is 13.9. The van der Waals surface area contributed by atoms with E-state index in [0.29, 0.717) is 62.8 Å². The number of hydrogen-bond donors (Lipinski definition) is 0. The smallest absolute Gasteiger partial charge is 0.258 e. The first kappa shape index (κ1) is 75.1. The number of benzene rings is 6. The molecule has 0 bridgehead atoms. The van der Waals surface area contributed by atoms with E-state index in [2.05, 4.69) is 110 Å². The molecule has 3 spiro atoms. The largest absolute Gasteiger partial charge is 0.497 e. The SMILES string of the molecule is COc1ccc2c(c1)C1(CCN(C/C=C/c3ccc(Cl)cc3F)CC1)CN2C(=O)c1ccnc(Cl)c1.COc1ccc2c(c1)C1(CCN(C/C=C/c3ccc(F)cc3F)CC1)CN2C(=O)c1ccnc(Cl)c1.Cc1ccc(/C=C/CN2CCC3(CC2)CN(C(=O)c2ccnc(Cl)c2)c2ccc(C)cc23)cc1. The maximum atomic E-state index is 14.1. The number of methoxy groups -OCH3 is 2. The third-order valence-electron chi connectivity index (χ3n) is 21.6. The summed E-state index contributed by atoms with van der Waals surface area (Å²) < 4.78 is 52.1. The molecule has 14 nitrogen and oxygen atoms in total. The summed E-state index contributed by atoms with van der Waals surface area (Å²) in [5.41, 5.74) is 12.4. The van der Waals surface area contributed by atoms with E-state index in [0.717, 1.165) is 143 Å². The van der Waals surface area contributed by atoms with Crippen LogP contribution in [0.2, 0.25) is 20.5 Å². The van der Waals surface area contributed by atoms with Gasteiger partial charge in [0.2, 0.25) is 0 Å². The van der Waals surface area contributed by atoms with Gasteiger partial charge in [-0.15, -0.1) is 0 Å². The van der Waals surface area contributed by atoms with E-state index in [9.17, 15) is 27.6 Å². The lowest BCUT2D eigenvalue weighted by Crippen LogP contribution is -2.46. The highest BCUT2D eigenvalue weighted by Crippen LogP contribution is 2.52. The van der Waals surface area contributed by atoms with Crippen molar-refractivity contribution in [3.8, 4) is 11.5 Å². The summed E-state index contributed by atoms with van der Waals surface area (Å²) in [7, 11) is 3.30. The van der Waals surface area contributed by atoms with Gasteiger partial charge in [0.05, 0.1) is 14.2 Å². The van der Waals surface area contributed by atoms with Crippen LogP contribution in [-0.2, 0) is 16.2 Å². The zero-order valence-electron chi connectivity index (χ0n) is 59.6. The Morgan fingerprint density at radius 2 is 0.792 bits per heavy atom. The van der Waals surface area contributed by atoms with Crippen molar-refractivity contribution in [1.29, 1.82) is 0 Å². The number of amides is 3. The van der Waals surface area contributed by atoms with Crippen LogP contribution in [0.25, 0.3) is 18.2 Å². The number of likely N-dealkylation sites (tertiary alicyclic amines) is 3. The molecule has 15 rings (SSSR count). The number of pyridine rings is 3. The zero-order valence-corrected chi connectivity index (χ0v) is 62.6. The fourth-order valence-corrected chi connectivity index (χ4v) is 16.4. The van der Waals surface area contributed by atoms with Gasteiger partial charge in [0.15, 0.2) is 0 Å². The van der Waals surface area contributed by atoms with Crippen molar-refractivity contribution in [2.75, 3.05) is 107 Å². The summed E-state index contributed by atoms with van der Waals surface area (Å²) in [6, 6.07) is 45.2. The topological polar surface area (TPSA) is 128 Å². The van der Waals surface area contributed by atoms with E-state index in [1.54, 1.807) is 93.5 Å². The van der Waals surface area contributed by atoms with Gasteiger partial charge in [0, 0.05) is 130 Å². The number of carbonyl (C=O) groups is 3. The molecule has 0 aliphatic carbocycles. The van der Waals surface area contributed by atoms with Crippen LogP contribution in [0.1, 0.15) is 114 Å². The minimum atomic E-state index is -0.584. The van der Waals surface area contributed by atoms with E-state index in [1.807, 2.05) is 51.1 Å². The minimum absolute atomic E-state index is 0.00487. The standard InChI is InChI=1S/C29H30ClN3O.C28H26Cl2FN3O2.C28H26ClF2N3O2/c1-21-5-8-23(9-6-21)4-3-15-32-16-12-29(13-17-32)20-33(26-10-7-22(2)18-25(26)29)28(34)24-11-14-31-27(30)19-24;1-36-22-6-7-25-23(17-22)28(18-34(25)27(35)20-8-11-32-26(30)15-20)9-13-33(14-10-28)12-2-3-19-4-5-21(29)16-24(19)31;1-36-22-6-7-25-23(17-22)28(18-34(25)27(35)20-8-11-32-26(29)15-20)9-13-33(14-10-28)12-2-3-19-4-5-21(30)16-24(19)31/h3-11,14,18-19H,12-13,15-17,20H2,1-2H3;2*2-8,11,15-17H,9-10,12-14,18H2,1H3/b4-3+;2*3-2+. The Kier molecular flexibility index (Phi) is 23.3. The number of nitrogens with zero attached hydrogens (tertiary/aromatic N) is 9. The Morgan fingerprint density at radius 1 is 0.425 bits per heavy atom. The second-order valence-electron chi connectivity index (χ2n) is 28.3. The Hall–Kier alpha value is -9.17. The number of aryl methyl sites for hydroxylation is 2. The van der Waals surface area contributed by atoms with Crippen molar-refractivity contribution in [3.63, 3.8) is 0 Å². The molecule has 3 fully saturated rings. The number of piperidine rings is 3. The molecule has 3 saturated heterocycles. The monoisotopic (exact) mass is 1510 g/mol. The van der Waals surface area contributed by atoms with Gasteiger partial charge in [0.25, 0.3) is 17.7 Å². The van der Waals surface area contributed by atoms with E-state index in [1.165, 1.54) is 40.5 Å². The van der Waals surface area contributed by atoms with Crippen LogP contribution in [0.3, 0.4) is 0 Å². The molecule has 6 aromatic carbocycles. The molecule has 6 aliphatic heterocycles. The number of aromatic nitrogens is 3. The number of fused-ring (bicyclic) bond motifs is 6. The van der Waals surface area contributed by atoms with Crippen LogP contribution < -0.4 is 24.2 Å². The van der Waals surface area contributed by atoms with Gasteiger partial charge in [-0.3, -0.25) is 29.1 Å². The summed E-state index contributed by atoms with van der Waals surface area (Å²) >= 11 is 24.0. The first-order chi connectivity index (χ1) is 51.2. The summed E-state index contributed by atoms with van der Waals surface area (Å²) in [4.78, 5) is 65.2. The van der Waals surface area contributed by atoms with Gasteiger partial charge < -0.3 is 24.2 Å². The number of hydrogen-bond acceptors (Lipinski definition) is 11. The summed E-state index contributed by atoms with van der Waals surface area (Å²) in [5, 5.41) is 1.31. The lowest BCUT2D eigenvalue weighted by atomic mass is 9.74. The average Bonchev–Trinajstić information content (AvgIpc) is 1.60. The van der Waals surface area contributed by atoms with Gasteiger partial charge in [-0.2, -0.15) is 0 Å². The van der Waals surface area contributed by atoms with Crippen molar-refractivity contribution < 1.29 is 37.0 Å². The molecule has 3 amide bonds. The predicted molar refractivity (Wildman–Crippen MR) is 418 cm³/mol. The molecule has 0 unspecified atom stereocenters. The van der Waals surface area contributed by atoms with Crippen LogP contribution >= 0.6 is 46.4 Å². The third-order valence-corrected chi connectivity index (χ3v) is 22.5. The summed E-state index contributed by atoms with van der Waals surface area (Å²) in [5.74, 6) is -0.125. The van der Waals surface area contributed by atoms with Gasteiger partial charge in [-0.25, -0.2) is 28.1 Å². The molecule has 0 saturated carbocycles. The fourth-order valence-electron chi connectivity index (χ4n) is 15.7. The second-order valence-corrected chi connectivity index (χ2v) is 29.9. The van der Waals surface area contributed by atoms with Crippen molar-refractivity contribution in [2.45, 2.75) is 68.6 Å². The Labute approximate surface area is 637 Å². The molecular formula is C85H82Cl4F3N9O5. The molecule has 9 heterocycles. The number of ether oxygens (including phenoxy) is 2. The maximum absolute atomic E-state index is 14.1. The molecule has 21 heteroatoms. The molecule has 0 N–H and O–H groups in total. The predicted octanol–water partition coefficient (Wildman–Crippen LogP) is 18.0. The highest BCUT2D eigenvalue weighted by Gasteiger charge is 2.50. The van der Waals surface area contributed by atoms with E-state index in [-0.39, 0.29) is 44.9 Å². The van der Waals surface area contributed by atoms with Crippen LogP contribution in [0.15, 0.2) is 188 Å². The molecule has 0 radical (unpaired) electrons. The van der Waals surface area contributed by atoms with Crippen LogP contribution in [-0.4, -0.2) is 140 Å². The van der Waals surface area contributed by atoms with Crippen LogP contribution in [0.4, 0.5) is 30.2 Å². The third kappa shape index (κ3) is 16.8. The molecule has 106 heavy (non-hydrogen) atoms. The Morgan fingerprint density at radius 3 is 1.18 bits per heavy atom. The lowest BCUT2D eigenvalue weighted by Gasteiger charge is -2.39. The Balaban J connectivity index is 0.000000141. The van der Waals surface area contributed by atoms with Gasteiger partial charge >= 0.3 is 0 Å². The fraction of sp³-hybridized carbons (Fsp3) is 0.294. The van der Waals surface area contributed by atoms with E-state index >= 15 is 0 Å². The van der Waals surface area contributed by atoms with Crippen LogP contribution in [0, 0.1) is 31.3 Å². The highest BCUT2D eigenvalue weighted by atomic mass is 35.5. The molecular weight excluding hydrogens is 1430 g/mol. The maximum Gasteiger partial charge on any atom is 0.258 e. The molecule has 9 aromatic rings. The summed E-state index contributed by atoms with van der Waals surface area (Å²) in [6.07, 6.45) is 22.2. The van der Waals surface area contributed by atoms with Gasteiger partial charge in [0.1, 0.15) is 44.4 Å². The van der Waals surface area contributed by atoms with Crippen LogP contribution in [0.5, 0.6) is 11.5 Å². The van der Waals surface area contributed by atoms with Crippen molar-refractivity contribution in [3.05, 3.63) is 288 Å². The first-order valence-electron chi connectivity index (χ1n) is 35.6. The zero-order chi connectivity index (χ0) is 74.3. The average molecular weight is 1510 g/mol. The highest BCUT2D eigenvalue weighted by molar-refractivity contribution is 6.31. The molecule has 6 aliphatic rings. The van der Waals surface area contributed by atoms with E-state index in [4.69, 9.17) is 55.9 Å². The van der Waals surface area contributed by atoms with Gasteiger partial charge in [-0.05, 0) is 217 Å². The second kappa shape index (κ2) is 32.9. The number of anilines is 3. The lowest BCUT2D eigenvalue weighted by molar-refractivity contribution is 0.0970. The molecule has 0 atom stereocenters. The molecule has 546 valence electrons. The van der Waals surface area contributed by atoms with Crippen molar-refractivity contribution in [1.82, 2.24) is 29.7 Å². The molecule has 3 aromatic heterocycles. The van der Waals surface area contributed by atoms with E-state index < -0.39 is 11.6 Å². The number of halogens is 7. The number of rotatable bonds is 14. The number of carbonyl (C=O) groups excluding carboxylic acids is 3. The minimum Gasteiger partial charge on any atom is -0.497 e. The Bertz CT molecular complexity index is 4620. The van der Waals surface area contributed by atoms with Crippen molar-refractivity contribution in [2.24, 2.45) is 0 Å². The van der Waals surface area contributed by atoms with Crippen molar-refractivity contribution >= 4 is 99.4 Å². The normalized spacial score (nSPS) is 17.2. The first-order valence-corrected chi connectivity index (χ1v) is 37.1. The quantitative estimate of drug-likeness (QED) is 0.0965. The van der Waals surface area contributed by atoms with Gasteiger partial charge in [-0.1, -0.05) is 136 Å².